The number of fused-ring (bicyclic) bond motifs is 1. The Balaban J connectivity index is 2.08. The highest BCUT2D eigenvalue weighted by molar-refractivity contribution is 7.15. The van der Waals surface area contributed by atoms with E-state index in [1.165, 1.54) is 41.4 Å². The van der Waals surface area contributed by atoms with Crippen LogP contribution in [-0.4, -0.2) is 25.1 Å². The smallest absolute Gasteiger partial charge is 0.185 e. The van der Waals surface area contributed by atoms with Gasteiger partial charge in [-0.1, -0.05) is 38.5 Å². The fourth-order valence-electron chi connectivity index (χ4n) is 2.76. The van der Waals surface area contributed by atoms with Crippen molar-refractivity contribution in [2.45, 2.75) is 58.9 Å². The van der Waals surface area contributed by atoms with Crippen LogP contribution in [-0.2, 0) is 6.42 Å². The predicted molar refractivity (Wildman–Crippen MR) is 88.8 cm³/mol. The van der Waals surface area contributed by atoms with E-state index >= 15 is 0 Å². The lowest BCUT2D eigenvalue weighted by molar-refractivity contribution is 0.464. The first-order valence-corrected chi connectivity index (χ1v) is 8.91. The van der Waals surface area contributed by atoms with Gasteiger partial charge in [0.2, 0.25) is 0 Å². The second-order valence-electron chi connectivity index (χ2n) is 6.10. The van der Waals surface area contributed by atoms with Crippen LogP contribution in [0.25, 0.3) is 0 Å². The average Bonchev–Trinajstić information content (AvgIpc) is 2.89. The highest BCUT2D eigenvalue weighted by Crippen LogP contribution is 2.37. The van der Waals surface area contributed by atoms with Crippen LogP contribution in [0.1, 0.15) is 63.1 Å². The third kappa shape index (κ3) is 3.73. The van der Waals surface area contributed by atoms with Gasteiger partial charge < -0.3 is 10.2 Å². The number of hydrogen-bond donors (Lipinski definition) is 1. The van der Waals surface area contributed by atoms with Crippen molar-refractivity contribution in [3.8, 4) is 0 Å². The van der Waals surface area contributed by atoms with Gasteiger partial charge in [-0.05, 0) is 38.1 Å². The average molecular weight is 295 g/mol. The monoisotopic (exact) mass is 295 g/mol. The maximum absolute atomic E-state index is 4.90. The second-order valence-corrected chi connectivity index (χ2v) is 7.11. The highest BCUT2D eigenvalue weighted by Gasteiger charge is 2.25. The molecular weight excluding hydrogens is 266 g/mol. The molecule has 0 saturated heterocycles. The summed E-state index contributed by atoms with van der Waals surface area (Å²) in [7, 11) is 2.19. The van der Waals surface area contributed by atoms with Crippen molar-refractivity contribution in [3.05, 3.63) is 10.6 Å². The van der Waals surface area contributed by atoms with Crippen LogP contribution in [0, 0.1) is 5.92 Å². The number of nitrogens with one attached hydrogen (secondary N) is 1. The number of aromatic nitrogens is 1. The van der Waals surface area contributed by atoms with Gasteiger partial charge >= 0.3 is 0 Å². The molecule has 20 heavy (non-hydrogen) atoms. The summed E-state index contributed by atoms with van der Waals surface area (Å²) in [6.07, 6.45) is 6.13. The lowest BCUT2D eigenvalue weighted by Gasteiger charge is -2.22. The number of nitrogens with zero attached hydrogens (tertiary/aromatic N) is 2. The summed E-state index contributed by atoms with van der Waals surface area (Å²) in [4.78, 5) is 8.74. The maximum Gasteiger partial charge on any atom is 0.185 e. The van der Waals surface area contributed by atoms with Crippen molar-refractivity contribution >= 4 is 16.5 Å². The first kappa shape index (κ1) is 15.8. The molecule has 1 aliphatic carbocycles. The van der Waals surface area contributed by atoms with E-state index in [1.54, 1.807) is 0 Å². The minimum absolute atomic E-state index is 0.543. The Kier molecular flexibility index (Phi) is 5.85. The summed E-state index contributed by atoms with van der Waals surface area (Å²) < 4.78 is 0. The van der Waals surface area contributed by atoms with E-state index in [1.807, 2.05) is 11.3 Å². The Hall–Kier alpha value is -0.610. The highest BCUT2D eigenvalue weighted by atomic mass is 32.1. The minimum Gasteiger partial charge on any atom is -0.351 e. The molecule has 0 amide bonds. The molecular formula is C16H29N3S. The number of rotatable bonds is 7. The van der Waals surface area contributed by atoms with E-state index in [4.69, 9.17) is 4.98 Å². The number of aryl methyl sites for hydroxylation is 1. The van der Waals surface area contributed by atoms with Crippen LogP contribution in [0.3, 0.4) is 0 Å². The van der Waals surface area contributed by atoms with E-state index in [2.05, 4.69) is 38.0 Å². The normalized spacial score (nSPS) is 19.7. The predicted octanol–water partition coefficient (Wildman–Crippen LogP) is 4.00. The Bertz CT molecular complexity index is 416. The molecule has 2 rings (SSSR count). The van der Waals surface area contributed by atoms with Crippen LogP contribution < -0.4 is 10.2 Å². The van der Waals surface area contributed by atoms with Crippen LogP contribution in [0.5, 0.6) is 0 Å². The number of hydrogen-bond acceptors (Lipinski definition) is 4. The van der Waals surface area contributed by atoms with Crippen molar-refractivity contribution in [2.75, 3.05) is 25.0 Å². The second kappa shape index (κ2) is 7.41. The molecule has 0 fully saturated rings. The van der Waals surface area contributed by atoms with Gasteiger partial charge in [0.05, 0.1) is 5.69 Å². The van der Waals surface area contributed by atoms with Gasteiger partial charge in [-0.25, -0.2) is 4.98 Å². The fraction of sp³-hybridized carbons (Fsp3) is 0.812. The molecule has 1 N–H and O–H groups in total. The summed E-state index contributed by atoms with van der Waals surface area (Å²) in [5, 5.41) is 4.89. The summed E-state index contributed by atoms with van der Waals surface area (Å²) in [6.45, 7) is 9.02. The lowest BCUT2D eigenvalue weighted by Crippen LogP contribution is -2.24. The summed E-state index contributed by atoms with van der Waals surface area (Å²) >= 11 is 1.91. The van der Waals surface area contributed by atoms with E-state index < -0.39 is 0 Å². The van der Waals surface area contributed by atoms with Crippen molar-refractivity contribution in [2.24, 2.45) is 5.92 Å². The largest absolute Gasteiger partial charge is 0.351 e. The standard InChI is InChI=1S/C16H29N3S/c1-5-10-17-13-8-7-9-14-15(13)20-16(18-14)19(4)11-12(3)6-2/h12-13,17H,5-11H2,1-4H3. The van der Waals surface area contributed by atoms with Gasteiger partial charge in [-0.3, -0.25) is 0 Å². The molecule has 1 aromatic rings. The topological polar surface area (TPSA) is 28.2 Å². The molecule has 0 spiro atoms. The molecule has 2 atom stereocenters. The molecule has 1 aliphatic rings. The molecule has 1 aromatic heterocycles. The number of thiazole rings is 1. The van der Waals surface area contributed by atoms with Crippen molar-refractivity contribution in [1.82, 2.24) is 10.3 Å². The zero-order valence-electron chi connectivity index (χ0n) is 13.4. The van der Waals surface area contributed by atoms with Gasteiger partial charge in [-0.2, -0.15) is 0 Å². The zero-order valence-corrected chi connectivity index (χ0v) is 14.2. The van der Waals surface area contributed by atoms with Crippen molar-refractivity contribution in [1.29, 1.82) is 0 Å². The first-order chi connectivity index (χ1) is 9.65. The Morgan fingerprint density at radius 3 is 2.95 bits per heavy atom. The van der Waals surface area contributed by atoms with E-state index in [-0.39, 0.29) is 0 Å². The summed E-state index contributed by atoms with van der Waals surface area (Å²) in [6, 6.07) is 0.543. The summed E-state index contributed by atoms with van der Waals surface area (Å²) in [5.41, 5.74) is 1.35. The van der Waals surface area contributed by atoms with Gasteiger partial charge in [0.25, 0.3) is 0 Å². The van der Waals surface area contributed by atoms with Crippen LogP contribution in [0.4, 0.5) is 5.13 Å². The van der Waals surface area contributed by atoms with E-state index in [0.717, 1.165) is 25.4 Å². The quantitative estimate of drug-likeness (QED) is 0.824. The molecule has 0 aliphatic heterocycles. The molecule has 0 aromatic carbocycles. The summed E-state index contributed by atoms with van der Waals surface area (Å²) in [5.74, 6) is 0.731. The Labute approximate surface area is 127 Å². The molecule has 0 radical (unpaired) electrons. The van der Waals surface area contributed by atoms with Gasteiger partial charge in [0.15, 0.2) is 5.13 Å². The lowest BCUT2D eigenvalue weighted by atomic mass is 9.98. The maximum atomic E-state index is 4.90. The third-order valence-corrected chi connectivity index (χ3v) is 5.51. The van der Waals surface area contributed by atoms with Gasteiger partial charge in [0, 0.05) is 24.5 Å². The van der Waals surface area contributed by atoms with Gasteiger partial charge in [-0.15, -0.1) is 0 Å². The van der Waals surface area contributed by atoms with Gasteiger partial charge in [0.1, 0.15) is 0 Å². The van der Waals surface area contributed by atoms with Crippen molar-refractivity contribution < 1.29 is 0 Å². The third-order valence-electron chi connectivity index (χ3n) is 4.19. The zero-order chi connectivity index (χ0) is 14.5. The van der Waals surface area contributed by atoms with Crippen LogP contribution in [0.2, 0.25) is 0 Å². The van der Waals surface area contributed by atoms with Crippen molar-refractivity contribution in [3.63, 3.8) is 0 Å². The Morgan fingerprint density at radius 2 is 2.25 bits per heavy atom. The van der Waals surface area contributed by atoms with Crippen LogP contribution in [0.15, 0.2) is 0 Å². The molecule has 1 heterocycles. The van der Waals surface area contributed by atoms with E-state index in [9.17, 15) is 0 Å². The molecule has 0 bridgehead atoms. The SMILES string of the molecule is CCCNC1CCCc2nc(N(C)CC(C)CC)sc21. The number of anilines is 1. The molecule has 114 valence electrons. The van der Waals surface area contributed by atoms with E-state index in [0.29, 0.717) is 6.04 Å². The molecule has 0 saturated carbocycles. The fourth-order valence-corrected chi connectivity index (χ4v) is 3.95. The molecule has 2 unspecified atom stereocenters. The van der Waals surface area contributed by atoms with Crippen LogP contribution >= 0.6 is 11.3 Å². The minimum atomic E-state index is 0.543. The molecule has 3 nitrogen and oxygen atoms in total. The molecule has 4 heteroatoms. The first-order valence-electron chi connectivity index (χ1n) is 8.09. The Morgan fingerprint density at radius 1 is 1.45 bits per heavy atom.